The monoisotopic (exact) mass is 224 g/mol. The van der Waals surface area contributed by atoms with Crippen molar-refractivity contribution in [2.75, 3.05) is 20.6 Å². The molecule has 1 N–H and O–H groups in total. The van der Waals surface area contributed by atoms with Crippen LogP contribution in [0.1, 0.15) is 25.3 Å². The first-order valence-electron chi connectivity index (χ1n) is 5.99. The van der Waals surface area contributed by atoms with Gasteiger partial charge in [-0.1, -0.05) is 13.3 Å². The van der Waals surface area contributed by atoms with Crippen LogP contribution in [0, 0.1) is 0 Å². The molecule has 0 saturated carbocycles. The van der Waals surface area contributed by atoms with Crippen molar-refractivity contribution in [3.8, 4) is 0 Å². The van der Waals surface area contributed by atoms with E-state index in [1.165, 1.54) is 18.4 Å². The molecular formula is C12H24N4. The first-order chi connectivity index (χ1) is 7.65. The molecule has 92 valence electrons. The molecule has 1 aromatic rings. The van der Waals surface area contributed by atoms with E-state index in [-0.39, 0.29) is 0 Å². The van der Waals surface area contributed by atoms with Crippen LogP contribution in [0.3, 0.4) is 0 Å². The molecule has 0 amide bonds. The van der Waals surface area contributed by atoms with Gasteiger partial charge in [0.25, 0.3) is 0 Å². The quantitative estimate of drug-likeness (QED) is 0.756. The summed E-state index contributed by atoms with van der Waals surface area (Å²) in [6, 6.07) is 0.590. The summed E-state index contributed by atoms with van der Waals surface area (Å²) in [6.07, 6.45) is 6.47. The molecule has 1 unspecified atom stereocenters. The Kier molecular flexibility index (Phi) is 5.49. The molecule has 0 fully saturated rings. The summed E-state index contributed by atoms with van der Waals surface area (Å²) in [5.74, 6) is 0. The molecule has 0 bridgehead atoms. The Morgan fingerprint density at radius 1 is 1.56 bits per heavy atom. The van der Waals surface area contributed by atoms with E-state index in [4.69, 9.17) is 0 Å². The van der Waals surface area contributed by atoms with Gasteiger partial charge in [0.15, 0.2) is 0 Å². The topological polar surface area (TPSA) is 33.1 Å². The fourth-order valence-corrected chi connectivity index (χ4v) is 1.98. The highest BCUT2D eigenvalue weighted by atomic mass is 15.2. The highest BCUT2D eigenvalue weighted by Gasteiger charge is 2.09. The van der Waals surface area contributed by atoms with E-state index in [9.17, 15) is 0 Å². The van der Waals surface area contributed by atoms with Crippen LogP contribution in [0.4, 0.5) is 0 Å². The van der Waals surface area contributed by atoms with Gasteiger partial charge in [0.1, 0.15) is 0 Å². The standard InChI is InChI=1S/C12H24N4/c1-5-6-12(13-2)10-15(3)8-11-7-14-16(4)9-11/h7,9,12-13H,5-6,8,10H2,1-4H3. The van der Waals surface area contributed by atoms with Gasteiger partial charge in [0.05, 0.1) is 6.20 Å². The predicted octanol–water partition coefficient (Wildman–Crippen LogP) is 1.24. The van der Waals surface area contributed by atoms with E-state index in [1.54, 1.807) is 0 Å². The van der Waals surface area contributed by atoms with Crippen LogP contribution >= 0.6 is 0 Å². The summed E-state index contributed by atoms with van der Waals surface area (Å²) in [7, 11) is 6.15. The van der Waals surface area contributed by atoms with E-state index in [2.05, 4.69) is 35.5 Å². The molecule has 16 heavy (non-hydrogen) atoms. The van der Waals surface area contributed by atoms with Gasteiger partial charge in [-0.3, -0.25) is 4.68 Å². The number of aryl methyl sites for hydroxylation is 1. The van der Waals surface area contributed by atoms with Crippen LogP contribution in [0.2, 0.25) is 0 Å². The van der Waals surface area contributed by atoms with Gasteiger partial charge < -0.3 is 10.2 Å². The lowest BCUT2D eigenvalue weighted by atomic mass is 10.1. The van der Waals surface area contributed by atoms with Crippen LogP contribution < -0.4 is 5.32 Å². The molecule has 0 aliphatic rings. The zero-order valence-corrected chi connectivity index (χ0v) is 10.9. The third kappa shape index (κ3) is 4.33. The van der Waals surface area contributed by atoms with Crippen LogP contribution in [-0.2, 0) is 13.6 Å². The number of aromatic nitrogens is 2. The van der Waals surface area contributed by atoms with Crippen LogP contribution in [0.25, 0.3) is 0 Å². The lowest BCUT2D eigenvalue weighted by Gasteiger charge is -2.22. The maximum absolute atomic E-state index is 4.18. The van der Waals surface area contributed by atoms with Gasteiger partial charge >= 0.3 is 0 Å². The minimum atomic E-state index is 0.590. The molecule has 1 heterocycles. The van der Waals surface area contributed by atoms with Crippen LogP contribution in [0.5, 0.6) is 0 Å². The van der Waals surface area contributed by atoms with E-state index in [0.29, 0.717) is 6.04 Å². The van der Waals surface area contributed by atoms with E-state index >= 15 is 0 Å². The van der Waals surface area contributed by atoms with Gasteiger partial charge in [0.2, 0.25) is 0 Å². The Bertz CT molecular complexity index is 295. The first kappa shape index (κ1) is 13.2. The smallest absolute Gasteiger partial charge is 0.0534 e. The summed E-state index contributed by atoms with van der Waals surface area (Å²) in [6.45, 7) is 4.28. The summed E-state index contributed by atoms with van der Waals surface area (Å²) in [4.78, 5) is 2.34. The molecule has 1 rings (SSSR count). The number of likely N-dealkylation sites (N-methyl/N-ethyl adjacent to an activating group) is 2. The lowest BCUT2D eigenvalue weighted by Crippen LogP contribution is -2.37. The van der Waals surface area contributed by atoms with Crippen molar-refractivity contribution in [1.82, 2.24) is 20.0 Å². The Morgan fingerprint density at radius 3 is 2.81 bits per heavy atom. The van der Waals surface area contributed by atoms with E-state index in [1.807, 2.05) is 25.0 Å². The predicted molar refractivity (Wildman–Crippen MR) is 67.3 cm³/mol. The van der Waals surface area contributed by atoms with Crippen LogP contribution in [-0.4, -0.2) is 41.4 Å². The molecule has 1 aromatic heterocycles. The lowest BCUT2D eigenvalue weighted by molar-refractivity contribution is 0.280. The van der Waals surface area contributed by atoms with Crippen molar-refractivity contribution in [2.45, 2.75) is 32.4 Å². The summed E-state index contributed by atoms with van der Waals surface area (Å²) < 4.78 is 1.85. The van der Waals surface area contributed by atoms with Crippen molar-refractivity contribution < 1.29 is 0 Å². The summed E-state index contributed by atoms with van der Waals surface area (Å²) in [5.41, 5.74) is 1.27. The van der Waals surface area contributed by atoms with Crippen molar-refractivity contribution >= 4 is 0 Å². The second-order valence-corrected chi connectivity index (χ2v) is 4.49. The number of nitrogens with zero attached hydrogens (tertiary/aromatic N) is 3. The van der Waals surface area contributed by atoms with Gasteiger partial charge in [-0.25, -0.2) is 0 Å². The van der Waals surface area contributed by atoms with Gasteiger partial charge in [-0.15, -0.1) is 0 Å². The maximum atomic E-state index is 4.18. The molecule has 4 heteroatoms. The Hall–Kier alpha value is -0.870. The Labute approximate surface area is 98.6 Å². The highest BCUT2D eigenvalue weighted by molar-refractivity contribution is 5.03. The average molecular weight is 224 g/mol. The van der Waals surface area contributed by atoms with Crippen molar-refractivity contribution in [1.29, 1.82) is 0 Å². The molecule has 0 aromatic carbocycles. The molecule has 1 atom stereocenters. The van der Waals surface area contributed by atoms with Crippen molar-refractivity contribution in [3.05, 3.63) is 18.0 Å². The van der Waals surface area contributed by atoms with Crippen molar-refractivity contribution in [3.63, 3.8) is 0 Å². The van der Waals surface area contributed by atoms with Crippen molar-refractivity contribution in [2.24, 2.45) is 7.05 Å². The first-order valence-corrected chi connectivity index (χ1v) is 5.99. The third-order valence-electron chi connectivity index (χ3n) is 2.79. The van der Waals surface area contributed by atoms with Gasteiger partial charge in [-0.05, 0) is 20.5 Å². The molecule has 0 spiro atoms. The third-order valence-corrected chi connectivity index (χ3v) is 2.79. The zero-order valence-electron chi connectivity index (χ0n) is 10.9. The normalized spacial score (nSPS) is 13.3. The van der Waals surface area contributed by atoms with Gasteiger partial charge in [-0.2, -0.15) is 5.10 Å². The average Bonchev–Trinajstić information content (AvgIpc) is 2.63. The van der Waals surface area contributed by atoms with Gasteiger partial charge in [0, 0.05) is 37.9 Å². The van der Waals surface area contributed by atoms with E-state index in [0.717, 1.165) is 13.1 Å². The number of hydrogen-bond acceptors (Lipinski definition) is 3. The molecule has 0 saturated heterocycles. The number of hydrogen-bond donors (Lipinski definition) is 1. The summed E-state index contributed by atoms with van der Waals surface area (Å²) in [5, 5.41) is 7.54. The molecule has 0 aliphatic heterocycles. The Morgan fingerprint density at radius 2 is 2.31 bits per heavy atom. The minimum absolute atomic E-state index is 0.590. The molecule has 0 aliphatic carbocycles. The minimum Gasteiger partial charge on any atom is -0.316 e. The van der Waals surface area contributed by atoms with E-state index < -0.39 is 0 Å². The molecule has 4 nitrogen and oxygen atoms in total. The second-order valence-electron chi connectivity index (χ2n) is 4.49. The number of rotatable bonds is 7. The zero-order chi connectivity index (χ0) is 12.0. The van der Waals surface area contributed by atoms with Crippen LogP contribution in [0.15, 0.2) is 12.4 Å². The molecule has 0 radical (unpaired) electrons. The largest absolute Gasteiger partial charge is 0.316 e. The maximum Gasteiger partial charge on any atom is 0.0534 e. The highest BCUT2D eigenvalue weighted by Crippen LogP contribution is 2.04. The summed E-state index contributed by atoms with van der Waals surface area (Å²) >= 11 is 0. The molecular weight excluding hydrogens is 200 g/mol. The number of nitrogens with one attached hydrogen (secondary N) is 1. The SMILES string of the molecule is CCCC(CN(C)Cc1cnn(C)c1)NC. The second kappa shape index (κ2) is 6.66. The fourth-order valence-electron chi connectivity index (χ4n) is 1.98. The fraction of sp³-hybridized carbons (Fsp3) is 0.750. The Balaban J connectivity index is 2.37.